The number of aliphatic hydroxyl groups excluding tert-OH is 2. The molecule has 0 aromatic carbocycles. The SMILES string of the molecule is CCCCC/C=C\C/C=C\C/C=C\C=C\[C@@H](O)CCCC(=O)OC[C@H](O)COC(=O)CCCCCCCCCCCCCC. The van der Waals surface area contributed by atoms with E-state index >= 15 is 0 Å². The van der Waals surface area contributed by atoms with E-state index < -0.39 is 18.2 Å². The Kier molecular flexibility index (Phi) is 32.0. The lowest BCUT2D eigenvalue weighted by Gasteiger charge is -2.12. The summed E-state index contributed by atoms with van der Waals surface area (Å²) >= 11 is 0. The topological polar surface area (TPSA) is 93.1 Å². The van der Waals surface area contributed by atoms with Gasteiger partial charge in [0.05, 0.1) is 6.10 Å². The number of unbranched alkanes of at least 4 members (excludes halogenated alkanes) is 14. The second-order valence-electron chi connectivity index (χ2n) is 11.8. The molecule has 0 aliphatic carbocycles. The van der Waals surface area contributed by atoms with Crippen molar-refractivity contribution in [1.29, 1.82) is 0 Å². The molecule has 0 saturated heterocycles. The Hall–Kier alpha value is -2.18. The van der Waals surface area contributed by atoms with Crippen molar-refractivity contribution >= 4 is 11.9 Å². The summed E-state index contributed by atoms with van der Waals surface area (Å²) in [5, 5.41) is 20.0. The maximum atomic E-state index is 11.9. The number of rotatable bonds is 31. The number of esters is 2. The van der Waals surface area contributed by atoms with Gasteiger partial charge in [0, 0.05) is 12.8 Å². The molecule has 2 N–H and O–H groups in total. The Bertz CT molecular complexity index is 769. The molecule has 0 rings (SSSR count). The molecule has 0 radical (unpaired) electrons. The molecule has 0 aliphatic rings. The molecule has 44 heavy (non-hydrogen) atoms. The maximum absolute atomic E-state index is 11.9. The van der Waals surface area contributed by atoms with E-state index in [2.05, 4.69) is 38.2 Å². The Morgan fingerprint density at radius 2 is 1.05 bits per heavy atom. The maximum Gasteiger partial charge on any atom is 0.305 e. The first kappa shape index (κ1) is 41.8. The van der Waals surface area contributed by atoms with Crippen LogP contribution in [-0.4, -0.2) is 47.6 Å². The quantitative estimate of drug-likeness (QED) is 0.0348. The highest BCUT2D eigenvalue weighted by molar-refractivity contribution is 5.69. The van der Waals surface area contributed by atoms with E-state index in [1.54, 1.807) is 6.08 Å². The Morgan fingerprint density at radius 1 is 0.568 bits per heavy atom. The summed E-state index contributed by atoms with van der Waals surface area (Å²) in [5.41, 5.74) is 0. The number of hydrogen-bond acceptors (Lipinski definition) is 6. The van der Waals surface area contributed by atoms with Crippen molar-refractivity contribution in [3.8, 4) is 0 Å². The lowest BCUT2D eigenvalue weighted by Crippen LogP contribution is -2.25. The molecule has 0 aromatic heterocycles. The van der Waals surface area contributed by atoms with Crippen molar-refractivity contribution in [2.24, 2.45) is 0 Å². The molecule has 6 nitrogen and oxygen atoms in total. The smallest absolute Gasteiger partial charge is 0.305 e. The Balaban J connectivity index is 3.67. The van der Waals surface area contributed by atoms with Crippen molar-refractivity contribution in [1.82, 2.24) is 0 Å². The molecule has 0 fully saturated rings. The fraction of sp³-hybridized carbons (Fsp3) is 0.737. The van der Waals surface area contributed by atoms with Crippen molar-refractivity contribution in [3.63, 3.8) is 0 Å². The van der Waals surface area contributed by atoms with Crippen LogP contribution in [0.15, 0.2) is 48.6 Å². The van der Waals surface area contributed by atoms with Gasteiger partial charge in [-0.15, -0.1) is 0 Å². The van der Waals surface area contributed by atoms with Crippen LogP contribution >= 0.6 is 0 Å². The molecule has 0 unspecified atom stereocenters. The van der Waals surface area contributed by atoms with Gasteiger partial charge in [0.2, 0.25) is 0 Å². The Morgan fingerprint density at radius 3 is 1.64 bits per heavy atom. The van der Waals surface area contributed by atoms with E-state index in [1.165, 1.54) is 77.0 Å². The molecular formula is C38H66O6. The minimum atomic E-state index is -1.04. The lowest BCUT2D eigenvalue weighted by molar-refractivity contribution is -0.152. The standard InChI is InChI=1S/C38H66O6/c1-3-5-7-9-11-13-15-17-18-20-22-24-26-29-35(39)30-28-32-38(42)44-34-36(40)33-43-37(41)31-27-25-23-21-19-16-14-12-10-8-6-4-2/h11,13,17-18,22,24,26,29,35-36,39-40H,3-10,12,14-16,19-21,23,25,27-28,30-34H2,1-2H3/b13-11-,18-17-,24-22-,29-26+/t35-,36-/m1/s1. The largest absolute Gasteiger partial charge is 0.463 e. The Labute approximate surface area is 270 Å². The number of aliphatic hydroxyl groups is 2. The van der Waals surface area contributed by atoms with Crippen molar-refractivity contribution in [2.75, 3.05) is 13.2 Å². The van der Waals surface area contributed by atoms with Gasteiger partial charge in [-0.3, -0.25) is 9.59 Å². The van der Waals surface area contributed by atoms with E-state index in [9.17, 15) is 19.8 Å². The number of allylic oxidation sites excluding steroid dienone is 7. The second-order valence-corrected chi connectivity index (χ2v) is 11.8. The minimum Gasteiger partial charge on any atom is -0.463 e. The van der Waals surface area contributed by atoms with Gasteiger partial charge in [0.1, 0.15) is 19.3 Å². The number of hydrogen-bond donors (Lipinski definition) is 2. The van der Waals surface area contributed by atoms with Crippen LogP contribution in [0.4, 0.5) is 0 Å². The van der Waals surface area contributed by atoms with Crippen LogP contribution in [0.3, 0.4) is 0 Å². The van der Waals surface area contributed by atoms with Crippen molar-refractivity contribution in [2.45, 2.75) is 167 Å². The molecule has 0 aromatic rings. The first-order valence-electron chi connectivity index (χ1n) is 17.8. The highest BCUT2D eigenvalue weighted by Crippen LogP contribution is 2.13. The zero-order valence-corrected chi connectivity index (χ0v) is 28.3. The van der Waals surface area contributed by atoms with Crippen LogP contribution in [0.2, 0.25) is 0 Å². The van der Waals surface area contributed by atoms with Gasteiger partial charge < -0.3 is 19.7 Å². The van der Waals surface area contributed by atoms with Crippen molar-refractivity contribution in [3.05, 3.63) is 48.6 Å². The first-order valence-corrected chi connectivity index (χ1v) is 17.8. The number of carbonyl (C=O) groups excluding carboxylic acids is 2. The zero-order chi connectivity index (χ0) is 32.4. The van der Waals surface area contributed by atoms with Crippen LogP contribution < -0.4 is 0 Å². The van der Waals surface area contributed by atoms with Crippen LogP contribution in [-0.2, 0) is 19.1 Å². The summed E-state index contributed by atoms with van der Waals surface area (Å²) < 4.78 is 10.2. The monoisotopic (exact) mass is 618 g/mol. The van der Waals surface area contributed by atoms with Crippen molar-refractivity contribution < 1.29 is 29.3 Å². The lowest BCUT2D eigenvalue weighted by atomic mass is 10.0. The molecule has 0 saturated carbocycles. The van der Waals surface area contributed by atoms with E-state index in [0.717, 1.165) is 38.5 Å². The molecule has 0 amide bonds. The number of ether oxygens (including phenoxy) is 2. The van der Waals surface area contributed by atoms with Gasteiger partial charge in [-0.25, -0.2) is 0 Å². The number of carbonyl (C=O) groups is 2. The van der Waals surface area contributed by atoms with Crippen LogP contribution in [0.1, 0.15) is 155 Å². The van der Waals surface area contributed by atoms with Gasteiger partial charge in [0.25, 0.3) is 0 Å². The van der Waals surface area contributed by atoms with Gasteiger partial charge in [-0.1, -0.05) is 146 Å². The summed E-state index contributed by atoms with van der Waals surface area (Å²) in [7, 11) is 0. The van der Waals surface area contributed by atoms with Gasteiger partial charge >= 0.3 is 11.9 Å². The summed E-state index contributed by atoms with van der Waals surface area (Å²) in [6.07, 6.45) is 37.6. The third-order valence-electron chi connectivity index (χ3n) is 7.42. The minimum absolute atomic E-state index is 0.157. The van der Waals surface area contributed by atoms with E-state index in [1.807, 2.05) is 18.2 Å². The van der Waals surface area contributed by atoms with Crippen LogP contribution in [0.25, 0.3) is 0 Å². The molecule has 0 spiro atoms. The van der Waals surface area contributed by atoms with E-state index in [0.29, 0.717) is 19.3 Å². The predicted octanol–water partition coefficient (Wildman–Crippen LogP) is 9.64. The average Bonchev–Trinajstić information content (AvgIpc) is 3.01. The highest BCUT2D eigenvalue weighted by Gasteiger charge is 2.12. The summed E-state index contributed by atoms with van der Waals surface area (Å²) in [6, 6.07) is 0. The van der Waals surface area contributed by atoms with E-state index in [-0.39, 0.29) is 25.6 Å². The predicted molar refractivity (Wildman–Crippen MR) is 183 cm³/mol. The van der Waals surface area contributed by atoms with Gasteiger partial charge in [0.15, 0.2) is 0 Å². The molecule has 6 heteroatoms. The molecule has 254 valence electrons. The molecule has 0 heterocycles. The van der Waals surface area contributed by atoms with Gasteiger partial charge in [-0.05, 0) is 44.9 Å². The van der Waals surface area contributed by atoms with Crippen LogP contribution in [0.5, 0.6) is 0 Å². The normalized spacial score (nSPS) is 13.5. The first-order chi connectivity index (χ1) is 21.5. The fourth-order valence-corrected chi connectivity index (χ4v) is 4.66. The summed E-state index contributed by atoms with van der Waals surface area (Å²) in [5.74, 6) is -0.762. The van der Waals surface area contributed by atoms with E-state index in [4.69, 9.17) is 9.47 Å². The van der Waals surface area contributed by atoms with Crippen LogP contribution in [0, 0.1) is 0 Å². The molecule has 0 aliphatic heterocycles. The molecule has 2 atom stereocenters. The second kappa shape index (κ2) is 33.7. The summed E-state index contributed by atoms with van der Waals surface area (Å²) in [6.45, 7) is 4.08. The fourth-order valence-electron chi connectivity index (χ4n) is 4.66. The average molecular weight is 619 g/mol. The third kappa shape index (κ3) is 32.7. The molecule has 0 bridgehead atoms. The van der Waals surface area contributed by atoms with Gasteiger partial charge in [-0.2, -0.15) is 0 Å². The summed E-state index contributed by atoms with van der Waals surface area (Å²) in [4.78, 5) is 23.8. The molecular weight excluding hydrogens is 552 g/mol. The highest BCUT2D eigenvalue weighted by atomic mass is 16.6. The third-order valence-corrected chi connectivity index (χ3v) is 7.42. The zero-order valence-electron chi connectivity index (χ0n) is 28.3.